The predicted molar refractivity (Wildman–Crippen MR) is 102 cm³/mol. The summed E-state index contributed by atoms with van der Waals surface area (Å²) in [5.74, 6) is 0. The van der Waals surface area contributed by atoms with Crippen molar-refractivity contribution in [2.75, 3.05) is 26.2 Å². The first kappa shape index (κ1) is 23.5. The molecule has 2 aliphatic heterocycles. The number of amides is 2. The Morgan fingerprint density at radius 1 is 0.852 bits per heavy atom. The summed E-state index contributed by atoms with van der Waals surface area (Å²) in [4.78, 5) is 25.8. The van der Waals surface area contributed by atoms with Crippen LogP contribution in [0.25, 0.3) is 0 Å². The van der Waals surface area contributed by atoms with Crippen LogP contribution in [-0.2, 0) is 14.2 Å². The zero-order valence-electron chi connectivity index (χ0n) is 17.9. The van der Waals surface area contributed by atoms with Gasteiger partial charge in [0.15, 0.2) is 0 Å². The van der Waals surface area contributed by atoms with Crippen molar-refractivity contribution in [2.45, 2.75) is 84.9 Å². The summed E-state index contributed by atoms with van der Waals surface area (Å²) in [7, 11) is 0. The maximum Gasteiger partial charge on any atom is 0.410 e. The van der Waals surface area contributed by atoms with Gasteiger partial charge in [-0.25, -0.2) is 9.59 Å². The molecule has 2 rings (SSSR count). The van der Waals surface area contributed by atoms with E-state index in [2.05, 4.69) is 0 Å². The summed E-state index contributed by atoms with van der Waals surface area (Å²) in [6, 6.07) is 0. The summed E-state index contributed by atoms with van der Waals surface area (Å²) in [5, 5.41) is 8.92. The van der Waals surface area contributed by atoms with E-state index in [4.69, 9.17) is 19.3 Å². The molecule has 1 N–H and O–H groups in total. The molecule has 8 nitrogen and oxygen atoms in total. The Balaban J connectivity index is 0.000000277. The number of carbonyl (C=O) groups excluding carboxylic acids is 2. The quantitative estimate of drug-likeness (QED) is 0.782. The van der Waals surface area contributed by atoms with Crippen molar-refractivity contribution in [1.29, 1.82) is 0 Å². The van der Waals surface area contributed by atoms with Crippen LogP contribution in [0.2, 0.25) is 0 Å². The van der Waals surface area contributed by atoms with Crippen LogP contribution in [-0.4, -0.2) is 82.8 Å². The van der Waals surface area contributed by atoms with Gasteiger partial charge in [0.1, 0.15) is 11.2 Å². The van der Waals surface area contributed by atoms with Gasteiger partial charge in [0, 0.05) is 0 Å². The van der Waals surface area contributed by atoms with Gasteiger partial charge >= 0.3 is 12.2 Å². The third kappa shape index (κ3) is 9.28. The third-order valence-electron chi connectivity index (χ3n) is 3.48. The molecule has 0 bridgehead atoms. The van der Waals surface area contributed by atoms with Crippen LogP contribution in [0.3, 0.4) is 0 Å². The molecule has 0 aromatic rings. The number of ether oxygens (including phenoxy) is 3. The normalized spacial score (nSPS) is 18.3. The molecule has 2 aliphatic rings. The smallest absolute Gasteiger partial charge is 0.410 e. The molecular formula is C19H36N2O6. The van der Waals surface area contributed by atoms with E-state index in [9.17, 15) is 9.59 Å². The molecule has 0 aliphatic carbocycles. The Morgan fingerprint density at radius 3 is 1.52 bits per heavy atom. The van der Waals surface area contributed by atoms with Gasteiger partial charge in [0.25, 0.3) is 0 Å². The van der Waals surface area contributed by atoms with Crippen molar-refractivity contribution in [1.82, 2.24) is 9.80 Å². The Kier molecular flexibility index (Phi) is 7.92. The lowest BCUT2D eigenvalue weighted by Gasteiger charge is -2.40. The fourth-order valence-corrected chi connectivity index (χ4v) is 2.32. The average molecular weight is 389 g/mol. The van der Waals surface area contributed by atoms with Crippen molar-refractivity contribution in [3.8, 4) is 0 Å². The highest BCUT2D eigenvalue weighted by atomic mass is 16.6. The molecule has 0 aromatic heterocycles. The van der Waals surface area contributed by atoms with E-state index < -0.39 is 11.2 Å². The van der Waals surface area contributed by atoms with Gasteiger partial charge in [-0.2, -0.15) is 0 Å². The zero-order valence-corrected chi connectivity index (χ0v) is 17.9. The number of hydrogen-bond donors (Lipinski definition) is 1. The lowest BCUT2D eigenvalue weighted by molar-refractivity contribution is -0.0833. The molecular weight excluding hydrogens is 352 g/mol. The number of likely N-dealkylation sites (tertiary alicyclic amines) is 2. The molecule has 0 saturated carbocycles. The largest absolute Gasteiger partial charge is 0.444 e. The first-order chi connectivity index (χ1) is 12.2. The first-order valence-electron chi connectivity index (χ1n) is 9.45. The molecule has 158 valence electrons. The monoisotopic (exact) mass is 388 g/mol. The van der Waals surface area contributed by atoms with Crippen molar-refractivity contribution in [3.63, 3.8) is 0 Å². The van der Waals surface area contributed by atoms with Gasteiger partial charge in [-0.15, -0.1) is 0 Å². The number of aliphatic hydroxyl groups is 1. The van der Waals surface area contributed by atoms with Crippen LogP contribution in [0.4, 0.5) is 9.59 Å². The number of rotatable bonds is 2. The van der Waals surface area contributed by atoms with Crippen LogP contribution in [0.1, 0.15) is 55.4 Å². The number of β-amino-alcohol motifs (C(OH)–C–C–N with tert-alkyl or cyclic N) is 1. The Morgan fingerprint density at radius 2 is 1.22 bits per heavy atom. The van der Waals surface area contributed by atoms with E-state index in [0.29, 0.717) is 26.2 Å². The van der Waals surface area contributed by atoms with E-state index in [1.807, 2.05) is 55.4 Å². The minimum absolute atomic E-state index is 0.178. The standard InChI is InChI=1S/C11H21NO3.C8H15NO3/c1-8(2)14-9-6-12(7-9)10(13)15-11(3,4)5;1-8(2,3)12-7(11)9-4-6(10)5-9/h8-9H,6-7H2,1-5H3;6,10H,4-5H2,1-3H3. The molecule has 8 heteroatoms. The van der Waals surface area contributed by atoms with Gasteiger partial charge in [-0.3, -0.25) is 0 Å². The van der Waals surface area contributed by atoms with E-state index in [1.54, 1.807) is 4.90 Å². The molecule has 0 aromatic carbocycles. The highest BCUT2D eigenvalue weighted by Gasteiger charge is 2.34. The summed E-state index contributed by atoms with van der Waals surface area (Å²) in [6.45, 7) is 17.1. The van der Waals surface area contributed by atoms with E-state index in [0.717, 1.165) is 0 Å². The number of carbonyl (C=O) groups is 2. The maximum atomic E-state index is 11.5. The van der Waals surface area contributed by atoms with Gasteiger partial charge in [-0.1, -0.05) is 0 Å². The van der Waals surface area contributed by atoms with Gasteiger partial charge < -0.3 is 29.1 Å². The molecule has 0 radical (unpaired) electrons. The summed E-state index contributed by atoms with van der Waals surface area (Å²) < 4.78 is 15.8. The van der Waals surface area contributed by atoms with Crippen molar-refractivity contribution >= 4 is 12.2 Å². The summed E-state index contributed by atoms with van der Waals surface area (Å²) in [5.41, 5.74) is -0.862. The zero-order chi connectivity index (χ0) is 21.0. The van der Waals surface area contributed by atoms with Crippen molar-refractivity contribution < 1.29 is 28.9 Å². The third-order valence-corrected chi connectivity index (χ3v) is 3.48. The Bertz CT molecular complexity index is 497. The van der Waals surface area contributed by atoms with E-state index >= 15 is 0 Å². The Labute approximate surface area is 162 Å². The van der Waals surface area contributed by atoms with Gasteiger partial charge in [0.2, 0.25) is 0 Å². The van der Waals surface area contributed by atoms with Crippen LogP contribution in [0.15, 0.2) is 0 Å². The predicted octanol–water partition coefficient (Wildman–Crippen LogP) is 2.63. The summed E-state index contributed by atoms with van der Waals surface area (Å²) in [6.07, 6.45) is -0.551. The molecule has 0 unspecified atom stereocenters. The highest BCUT2D eigenvalue weighted by molar-refractivity contribution is 5.69. The summed E-state index contributed by atoms with van der Waals surface area (Å²) >= 11 is 0. The van der Waals surface area contributed by atoms with Crippen molar-refractivity contribution in [3.05, 3.63) is 0 Å². The first-order valence-corrected chi connectivity index (χ1v) is 9.45. The fraction of sp³-hybridized carbons (Fsp3) is 0.895. The van der Waals surface area contributed by atoms with Gasteiger partial charge in [-0.05, 0) is 55.4 Å². The number of aliphatic hydroxyl groups excluding tert-OH is 1. The average Bonchev–Trinajstić information content (AvgIpc) is 2.35. The second kappa shape index (κ2) is 9.10. The maximum absolute atomic E-state index is 11.5. The van der Waals surface area contributed by atoms with Crippen LogP contribution < -0.4 is 0 Å². The number of hydrogen-bond acceptors (Lipinski definition) is 6. The topological polar surface area (TPSA) is 88.5 Å². The molecule has 0 spiro atoms. The van der Waals surface area contributed by atoms with Crippen molar-refractivity contribution in [2.24, 2.45) is 0 Å². The highest BCUT2D eigenvalue weighted by Crippen LogP contribution is 2.18. The number of nitrogens with zero attached hydrogens (tertiary/aromatic N) is 2. The molecule has 27 heavy (non-hydrogen) atoms. The molecule has 2 amide bonds. The van der Waals surface area contributed by atoms with Crippen LogP contribution in [0.5, 0.6) is 0 Å². The minimum atomic E-state index is -0.447. The minimum Gasteiger partial charge on any atom is -0.444 e. The van der Waals surface area contributed by atoms with E-state index in [1.165, 1.54) is 4.90 Å². The fourth-order valence-electron chi connectivity index (χ4n) is 2.32. The Hall–Kier alpha value is -1.54. The SMILES string of the molecule is CC(C)(C)OC(=O)N1CC(O)C1.CC(C)OC1CN(C(=O)OC(C)(C)C)C1. The second-order valence-corrected chi connectivity index (χ2v) is 9.23. The molecule has 2 heterocycles. The molecule has 0 atom stereocenters. The molecule has 2 saturated heterocycles. The second-order valence-electron chi connectivity index (χ2n) is 9.23. The van der Waals surface area contributed by atoms with Crippen LogP contribution in [0, 0.1) is 0 Å². The van der Waals surface area contributed by atoms with Gasteiger partial charge in [0.05, 0.1) is 44.5 Å². The lowest BCUT2D eigenvalue weighted by atomic mass is 10.1. The lowest BCUT2D eigenvalue weighted by Crippen LogP contribution is -2.56. The van der Waals surface area contributed by atoms with Crippen LogP contribution >= 0.6 is 0 Å². The molecule has 2 fully saturated rings. The van der Waals surface area contributed by atoms with E-state index in [-0.39, 0.29) is 30.5 Å².